The molecule has 2 unspecified atom stereocenters. The van der Waals surface area contributed by atoms with E-state index < -0.39 is 6.04 Å². The minimum Gasteiger partial charge on any atom is -0.464 e. The van der Waals surface area contributed by atoms with Gasteiger partial charge in [0.05, 0.1) is 6.61 Å². The van der Waals surface area contributed by atoms with Crippen LogP contribution in [0.3, 0.4) is 0 Å². The molecule has 1 aliphatic heterocycles. The maximum atomic E-state index is 13.4. The Bertz CT molecular complexity index is 663. The molecule has 1 aliphatic carbocycles. The van der Waals surface area contributed by atoms with E-state index in [1.165, 1.54) is 6.42 Å². The van der Waals surface area contributed by atoms with Crippen LogP contribution < -0.4 is 0 Å². The van der Waals surface area contributed by atoms with Gasteiger partial charge in [-0.2, -0.15) is 0 Å². The molecule has 27 heavy (non-hydrogen) atoms. The van der Waals surface area contributed by atoms with E-state index in [4.69, 9.17) is 16.3 Å². The number of carbonyl (C=O) groups is 2. The van der Waals surface area contributed by atoms with Crippen LogP contribution >= 0.6 is 23.4 Å². The molecule has 0 bridgehead atoms. The summed E-state index contributed by atoms with van der Waals surface area (Å²) in [5, 5.41) is 0.410. The second kappa shape index (κ2) is 9.83. The van der Waals surface area contributed by atoms with Gasteiger partial charge in [-0.25, -0.2) is 4.79 Å². The highest BCUT2D eigenvalue weighted by Gasteiger charge is 2.45. The monoisotopic (exact) mass is 409 g/mol. The molecule has 0 N–H and O–H groups in total. The number of hydrogen-bond donors (Lipinski definition) is 0. The molecular weight excluding hydrogens is 382 g/mol. The third kappa shape index (κ3) is 4.80. The zero-order valence-corrected chi connectivity index (χ0v) is 17.4. The Balaban J connectivity index is 1.83. The third-order valence-electron chi connectivity index (χ3n) is 5.39. The van der Waals surface area contributed by atoms with Crippen LogP contribution in [0.25, 0.3) is 0 Å². The normalized spacial score (nSPS) is 23.4. The number of halogens is 1. The van der Waals surface area contributed by atoms with Crippen LogP contribution in [0.4, 0.5) is 0 Å². The lowest BCUT2D eigenvalue weighted by atomic mass is 9.88. The molecular formula is C21H28ClNO3S. The SMILES string of the molecule is CCCCOC(=O)C1CSC(c2ccccc2Cl)N1C(=O)C1CCCCC1. The van der Waals surface area contributed by atoms with E-state index in [1.54, 1.807) is 16.7 Å². The highest BCUT2D eigenvalue weighted by molar-refractivity contribution is 7.99. The summed E-state index contributed by atoms with van der Waals surface area (Å²) in [4.78, 5) is 27.9. The molecule has 6 heteroatoms. The largest absolute Gasteiger partial charge is 0.464 e. The predicted octanol–water partition coefficient (Wildman–Crippen LogP) is 5.21. The van der Waals surface area contributed by atoms with E-state index in [0.717, 1.165) is 44.1 Å². The van der Waals surface area contributed by atoms with Crippen LogP contribution in [-0.2, 0) is 14.3 Å². The van der Waals surface area contributed by atoms with Crippen molar-refractivity contribution in [1.82, 2.24) is 4.90 Å². The number of esters is 1. The number of carbonyl (C=O) groups excluding carboxylic acids is 2. The molecule has 0 radical (unpaired) electrons. The lowest BCUT2D eigenvalue weighted by molar-refractivity contribution is -0.156. The van der Waals surface area contributed by atoms with E-state index in [-0.39, 0.29) is 23.2 Å². The van der Waals surface area contributed by atoms with Crippen LogP contribution in [-0.4, -0.2) is 35.2 Å². The van der Waals surface area contributed by atoms with Gasteiger partial charge in [-0.1, -0.05) is 62.4 Å². The zero-order valence-electron chi connectivity index (χ0n) is 15.9. The fraction of sp³-hybridized carbons (Fsp3) is 0.619. The van der Waals surface area contributed by atoms with Gasteiger partial charge in [0, 0.05) is 22.3 Å². The molecule has 1 aromatic rings. The smallest absolute Gasteiger partial charge is 0.329 e. The topological polar surface area (TPSA) is 46.6 Å². The van der Waals surface area contributed by atoms with Crippen LogP contribution in [0.2, 0.25) is 5.02 Å². The van der Waals surface area contributed by atoms with Crippen LogP contribution in [0, 0.1) is 5.92 Å². The van der Waals surface area contributed by atoms with Crippen molar-refractivity contribution in [2.45, 2.75) is 63.3 Å². The number of amides is 1. The van der Waals surface area contributed by atoms with Crippen molar-refractivity contribution < 1.29 is 14.3 Å². The fourth-order valence-corrected chi connectivity index (χ4v) is 5.61. The molecule has 2 fully saturated rings. The van der Waals surface area contributed by atoms with Crippen molar-refractivity contribution in [2.75, 3.05) is 12.4 Å². The van der Waals surface area contributed by atoms with Crippen molar-refractivity contribution in [3.63, 3.8) is 0 Å². The molecule has 148 valence electrons. The zero-order chi connectivity index (χ0) is 19.2. The van der Waals surface area contributed by atoms with Crippen LogP contribution in [0.15, 0.2) is 24.3 Å². The van der Waals surface area contributed by atoms with E-state index >= 15 is 0 Å². The van der Waals surface area contributed by atoms with Crippen molar-refractivity contribution in [2.24, 2.45) is 5.92 Å². The predicted molar refractivity (Wildman–Crippen MR) is 110 cm³/mol. The second-order valence-corrected chi connectivity index (χ2v) is 8.84. The fourth-order valence-electron chi connectivity index (χ4n) is 3.85. The standard InChI is InChI=1S/C21H28ClNO3S/c1-2-3-13-26-21(25)18-14-27-20(16-11-7-8-12-17(16)22)23(18)19(24)15-9-5-4-6-10-15/h7-8,11-12,15,18,20H,2-6,9-10,13-14H2,1H3. The molecule has 1 amide bonds. The summed E-state index contributed by atoms with van der Waals surface area (Å²) >= 11 is 8.03. The van der Waals surface area contributed by atoms with Gasteiger partial charge in [0.15, 0.2) is 0 Å². The first-order valence-electron chi connectivity index (χ1n) is 9.98. The summed E-state index contributed by atoms with van der Waals surface area (Å²) in [7, 11) is 0. The molecule has 3 rings (SSSR count). The maximum Gasteiger partial charge on any atom is 0.329 e. The average molecular weight is 410 g/mol. The Morgan fingerprint density at radius 1 is 1.22 bits per heavy atom. The van der Waals surface area contributed by atoms with E-state index in [0.29, 0.717) is 17.4 Å². The first-order chi connectivity index (χ1) is 13.1. The number of benzene rings is 1. The van der Waals surface area contributed by atoms with Gasteiger partial charge < -0.3 is 9.64 Å². The molecule has 1 aromatic carbocycles. The summed E-state index contributed by atoms with van der Waals surface area (Å²) < 4.78 is 5.47. The Morgan fingerprint density at radius 2 is 1.96 bits per heavy atom. The Hall–Kier alpha value is -1.20. The van der Waals surface area contributed by atoms with Gasteiger partial charge >= 0.3 is 5.97 Å². The van der Waals surface area contributed by atoms with Gasteiger partial charge in [-0.05, 0) is 25.3 Å². The second-order valence-electron chi connectivity index (χ2n) is 7.32. The number of hydrogen-bond acceptors (Lipinski definition) is 4. The van der Waals surface area contributed by atoms with E-state index in [9.17, 15) is 9.59 Å². The maximum absolute atomic E-state index is 13.4. The minimum atomic E-state index is -0.525. The molecule has 0 spiro atoms. The molecule has 1 heterocycles. The first-order valence-corrected chi connectivity index (χ1v) is 11.4. The Kier molecular flexibility index (Phi) is 7.48. The lowest BCUT2D eigenvalue weighted by Crippen LogP contribution is -2.46. The molecule has 1 saturated heterocycles. The van der Waals surface area contributed by atoms with Gasteiger partial charge in [-0.3, -0.25) is 4.79 Å². The van der Waals surface area contributed by atoms with Crippen molar-refractivity contribution in [1.29, 1.82) is 0 Å². The Labute approximate surface area is 171 Å². The van der Waals surface area contributed by atoms with E-state index in [1.807, 2.05) is 24.3 Å². The Morgan fingerprint density at radius 3 is 2.67 bits per heavy atom. The quantitative estimate of drug-likeness (QED) is 0.478. The number of thioether (sulfide) groups is 1. The van der Waals surface area contributed by atoms with Gasteiger partial charge in [0.25, 0.3) is 0 Å². The number of rotatable bonds is 6. The summed E-state index contributed by atoms with van der Waals surface area (Å²) in [6.45, 7) is 2.48. The van der Waals surface area contributed by atoms with Gasteiger partial charge in [0.1, 0.15) is 11.4 Å². The van der Waals surface area contributed by atoms with Crippen molar-refractivity contribution in [3.8, 4) is 0 Å². The molecule has 1 saturated carbocycles. The average Bonchev–Trinajstić information content (AvgIpc) is 3.13. The highest BCUT2D eigenvalue weighted by Crippen LogP contribution is 2.45. The van der Waals surface area contributed by atoms with Gasteiger partial charge in [0.2, 0.25) is 5.91 Å². The summed E-state index contributed by atoms with van der Waals surface area (Å²) in [6.07, 6.45) is 6.99. The first kappa shape index (κ1) is 20.5. The summed E-state index contributed by atoms with van der Waals surface area (Å²) in [5.41, 5.74) is 0.900. The molecule has 0 aromatic heterocycles. The molecule has 4 nitrogen and oxygen atoms in total. The summed E-state index contributed by atoms with van der Waals surface area (Å²) in [6, 6.07) is 7.08. The lowest BCUT2D eigenvalue weighted by Gasteiger charge is -2.33. The van der Waals surface area contributed by atoms with Gasteiger partial charge in [-0.15, -0.1) is 11.8 Å². The minimum absolute atomic E-state index is 0.00776. The van der Waals surface area contributed by atoms with Crippen LogP contribution in [0.5, 0.6) is 0 Å². The molecule has 2 atom stereocenters. The number of ether oxygens (including phenoxy) is 1. The van der Waals surface area contributed by atoms with Crippen molar-refractivity contribution >= 4 is 35.2 Å². The molecule has 2 aliphatic rings. The van der Waals surface area contributed by atoms with Crippen molar-refractivity contribution in [3.05, 3.63) is 34.9 Å². The van der Waals surface area contributed by atoms with E-state index in [2.05, 4.69) is 6.92 Å². The third-order valence-corrected chi connectivity index (χ3v) is 7.04. The highest BCUT2D eigenvalue weighted by atomic mass is 35.5. The number of nitrogens with zero attached hydrogens (tertiary/aromatic N) is 1. The summed E-state index contributed by atoms with van der Waals surface area (Å²) in [5.74, 6) is 0.365. The number of unbranched alkanes of at least 4 members (excludes halogenated alkanes) is 1. The van der Waals surface area contributed by atoms with Crippen LogP contribution in [0.1, 0.15) is 62.8 Å².